The molecular weight excluding hydrogens is 304 g/mol. The molecule has 2 aliphatic heterocycles. The van der Waals surface area contributed by atoms with Gasteiger partial charge in [-0.1, -0.05) is 29.8 Å². The number of hydrogen-bond acceptors (Lipinski definition) is 3. The van der Waals surface area contributed by atoms with Gasteiger partial charge in [0, 0.05) is 24.2 Å². The second-order valence-corrected chi connectivity index (χ2v) is 6.10. The summed E-state index contributed by atoms with van der Waals surface area (Å²) in [4.78, 5) is 27.6. The summed E-state index contributed by atoms with van der Waals surface area (Å²) in [5, 5.41) is 0.630. The van der Waals surface area contributed by atoms with Crippen molar-refractivity contribution >= 4 is 23.6 Å². The Balaban J connectivity index is 1.54. The van der Waals surface area contributed by atoms with Crippen LogP contribution in [0.4, 0.5) is 4.79 Å². The molecule has 2 heterocycles. The summed E-state index contributed by atoms with van der Waals surface area (Å²) < 4.78 is 4.98. The van der Waals surface area contributed by atoms with E-state index in [0.717, 1.165) is 18.4 Å². The molecule has 2 saturated heterocycles. The molecule has 118 valence electrons. The molecule has 1 aromatic carbocycles. The molecule has 5 nitrogen and oxygen atoms in total. The van der Waals surface area contributed by atoms with Crippen LogP contribution in [-0.2, 0) is 16.0 Å². The maximum Gasteiger partial charge on any atom is 0.410 e. The SMILES string of the molecule is O=C(Cc1ccccc1Cl)N1CCC(N2CCOC2=O)CC1. The lowest BCUT2D eigenvalue weighted by Gasteiger charge is -2.35. The highest BCUT2D eigenvalue weighted by Gasteiger charge is 2.33. The Bertz CT molecular complexity index is 570. The third kappa shape index (κ3) is 3.19. The number of cyclic esters (lactones) is 1. The highest BCUT2D eigenvalue weighted by molar-refractivity contribution is 6.31. The van der Waals surface area contributed by atoms with E-state index in [1.165, 1.54) is 0 Å². The Labute approximate surface area is 134 Å². The highest BCUT2D eigenvalue weighted by Crippen LogP contribution is 2.21. The summed E-state index contributed by atoms with van der Waals surface area (Å²) in [6, 6.07) is 7.62. The zero-order valence-corrected chi connectivity index (χ0v) is 13.1. The van der Waals surface area contributed by atoms with Crippen LogP contribution in [0.25, 0.3) is 0 Å². The summed E-state index contributed by atoms with van der Waals surface area (Å²) in [5.41, 5.74) is 0.861. The van der Waals surface area contributed by atoms with E-state index in [2.05, 4.69) is 0 Å². The molecule has 0 N–H and O–H groups in total. The van der Waals surface area contributed by atoms with Crippen LogP contribution in [0.5, 0.6) is 0 Å². The predicted octanol–water partition coefficient (Wildman–Crippen LogP) is 2.33. The van der Waals surface area contributed by atoms with E-state index in [9.17, 15) is 9.59 Å². The van der Waals surface area contributed by atoms with Gasteiger partial charge in [0.15, 0.2) is 0 Å². The molecule has 22 heavy (non-hydrogen) atoms. The number of rotatable bonds is 3. The molecule has 0 atom stereocenters. The summed E-state index contributed by atoms with van der Waals surface area (Å²) in [5.74, 6) is 0.0931. The number of halogens is 1. The molecular formula is C16H19ClN2O3. The zero-order valence-electron chi connectivity index (χ0n) is 12.3. The van der Waals surface area contributed by atoms with Crippen LogP contribution in [0.1, 0.15) is 18.4 Å². The van der Waals surface area contributed by atoms with Crippen LogP contribution < -0.4 is 0 Å². The van der Waals surface area contributed by atoms with Crippen LogP contribution in [0.3, 0.4) is 0 Å². The van der Waals surface area contributed by atoms with E-state index in [1.54, 1.807) is 11.0 Å². The maximum absolute atomic E-state index is 12.4. The van der Waals surface area contributed by atoms with Gasteiger partial charge in [-0.2, -0.15) is 0 Å². The number of piperidine rings is 1. The van der Waals surface area contributed by atoms with Crippen LogP contribution in [0.15, 0.2) is 24.3 Å². The minimum atomic E-state index is -0.221. The van der Waals surface area contributed by atoms with Crippen molar-refractivity contribution in [1.29, 1.82) is 0 Å². The van der Waals surface area contributed by atoms with Crippen LogP contribution in [-0.4, -0.2) is 54.1 Å². The Morgan fingerprint density at radius 2 is 1.95 bits per heavy atom. The molecule has 2 amide bonds. The third-order valence-corrected chi connectivity index (χ3v) is 4.72. The Morgan fingerprint density at radius 1 is 1.23 bits per heavy atom. The zero-order chi connectivity index (χ0) is 15.5. The molecule has 0 bridgehead atoms. The number of hydrogen-bond donors (Lipinski definition) is 0. The van der Waals surface area contributed by atoms with Crippen molar-refractivity contribution in [2.45, 2.75) is 25.3 Å². The van der Waals surface area contributed by atoms with Gasteiger partial charge in [0.05, 0.1) is 13.0 Å². The van der Waals surface area contributed by atoms with Crippen molar-refractivity contribution in [3.05, 3.63) is 34.9 Å². The third-order valence-electron chi connectivity index (χ3n) is 4.35. The first-order valence-electron chi connectivity index (χ1n) is 7.60. The van der Waals surface area contributed by atoms with Gasteiger partial charge in [-0.05, 0) is 24.5 Å². The second-order valence-electron chi connectivity index (χ2n) is 5.69. The molecule has 6 heteroatoms. The first-order valence-corrected chi connectivity index (χ1v) is 7.97. The van der Waals surface area contributed by atoms with Gasteiger partial charge in [-0.15, -0.1) is 0 Å². The van der Waals surface area contributed by atoms with E-state index in [0.29, 0.717) is 37.7 Å². The molecule has 1 aromatic rings. The average Bonchev–Trinajstić information content (AvgIpc) is 2.96. The molecule has 0 spiro atoms. The van der Waals surface area contributed by atoms with Gasteiger partial charge in [0.1, 0.15) is 6.61 Å². The maximum atomic E-state index is 12.4. The van der Waals surface area contributed by atoms with Crippen molar-refractivity contribution in [2.24, 2.45) is 0 Å². The number of likely N-dealkylation sites (tertiary alicyclic amines) is 1. The van der Waals surface area contributed by atoms with E-state index >= 15 is 0 Å². The average molecular weight is 323 g/mol. The number of nitrogens with zero attached hydrogens (tertiary/aromatic N) is 2. The Kier molecular flexibility index (Phi) is 4.52. The molecule has 0 saturated carbocycles. The largest absolute Gasteiger partial charge is 0.448 e. The molecule has 0 radical (unpaired) electrons. The van der Waals surface area contributed by atoms with Gasteiger partial charge >= 0.3 is 6.09 Å². The molecule has 0 unspecified atom stereocenters. The van der Waals surface area contributed by atoms with Crippen molar-refractivity contribution in [1.82, 2.24) is 9.80 Å². The summed E-state index contributed by atoms with van der Waals surface area (Å²) >= 11 is 6.10. The monoisotopic (exact) mass is 322 g/mol. The van der Waals surface area contributed by atoms with E-state index in [4.69, 9.17) is 16.3 Å². The van der Waals surface area contributed by atoms with E-state index < -0.39 is 0 Å². The van der Waals surface area contributed by atoms with Crippen molar-refractivity contribution in [3.8, 4) is 0 Å². The second kappa shape index (κ2) is 6.57. The number of benzene rings is 1. The molecule has 2 aliphatic rings. The lowest BCUT2D eigenvalue weighted by Crippen LogP contribution is -2.47. The van der Waals surface area contributed by atoms with Gasteiger partial charge in [-0.25, -0.2) is 4.79 Å². The van der Waals surface area contributed by atoms with Crippen molar-refractivity contribution in [2.75, 3.05) is 26.2 Å². The molecule has 3 rings (SSSR count). The normalized spacial score (nSPS) is 19.4. The van der Waals surface area contributed by atoms with Gasteiger partial charge in [0.25, 0.3) is 0 Å². The minimum Gasteiger partial charge on any atom is -0.448 e. The number of carbonyl (C=O) groups is 2. The minimum absolute atomic E-state index is 0.0931. The van der Waals surface area contributed by atoms with Crippen molar-refractivity contribution in [3.63, 3.8) is 0 Å². The van der Waals surface area contributed by atoms with Gasteiger partial charge < -0.3 is 14.5 Å². The fourth-order valence-corrected chi connectivity index (χ4v) is 3.28. The number of carbonyl (C=O) groups excluding carboxylic acids is 2. The topological polar surface area (TPSA) is 49.9 Å². The van der Waals surface area contributed by atoms with E-state index in [1.807, 2.05) is 23.1 Å². The van der Waals surface area contributed by atoms with Crippen LogP contribution in [0, 0.1) is 0 Å². The number of amides is 2. The van der Waals surface area contributed by atoms with Gasteiger partial charge in [-0.3, -0.25) is 4.79 Å². The van der Waals surface area contributed by atoms with E-state index in [-0.39, 0.29) is 18.0 Å². The first kappa shape index (κ1) is 15.2. The van der Waals surface area contributed by atoms with Crippen LogP contribution >= 0.6 is 11.6 Å². The fourth-order valence-electron chi connectivity index (χ4n) is 3.08. The lowest BCUT2D eigenvalue weighted by atomic mass is 10.0. The molecule has 2 fully saturated rings. The first-order chi connectivity index (χ1) is 10.6. The summed E-state index contributed by atoms with van der Waals surface area (Å²) in [6.07, 6.45) is 1.73. The standard InChI is InChI=1S/C16H19ClN2O3/c17-14-4-2-1-3-12(14)11-15(20)18-7-5-13(6-8-18)19-9-10-22-16(19)21/h1-4,13H,5-11H2. The number of ether oxygens (including phenoxy) is 1. The molecule has 0 aromatic heterocycles. The quantitative estimate of drug-likeness (QED) is 0.858. The van der Waals surface area contributed by atoms with Crippen molar-refractivity contribution < 1.29 is 14.3 Å². The lowest BCUT2D eigenvalue weighted by molar-refractivity contribution is -0.131. The Morgan fingerprint density at radius 3 is 2.59 bits per heavy atom. The van der Waals surface area contributed by atoms with Crippen LogP contribution in [0.2, 0.25) is 5.02 Å². The molecule has 0 aliphatic carbocycles. The Hall–Kier alpha value is -1.75. The van der Waals surface area contributed by atoms with Gasteiger partial charge in [0.2, 0.25) is 5.91 Å². The summed E-state index contributed by atoms with van der Waals surface area (Å²) in [6.45, 7) is 2.50. The highest BCUT2D eigenvalue weighted by atomic mass is 35.5. The predicted molar refractivity (Wildman–Crippen MR) is 82.8 cm³/mol. The fraction of sp³-hybridized carbons (Fsp3) is 0.500. The smallest absolute Gasteiger partial charge is 0.410 e. The summed E-state index contributed by atoms with van der Waals surface area (Å²) in [7, 11) is 0.